The van der Waals surface area contributed by atoms with Crippen molar-refractivity contribution in [3.63, 3.8) is 0 Å². The molecule has 0 unspecified atom stereocenters. The lowest BCUT2D eigenvalue weighted by Crippen LogP contribution is -2.40. The third-order valence-corrected chi connectivity index (χ3v) is 6.38. The van der Waals surface area contributed by atoms with Crippen molar-refractivity contribution in [2.45, 2.75) is 40.2 Å². The molecule has 1 saturated heterocycles. The Bertz CT molecular complexity index is 988. The molecule has 5 nitrogen and oxygen atoms in total. The Morgan fingerprint density at radius 2 is 1.86 bits per heavy atom. The van der Waals surface area contributed by atoms with E-state index in [2.05, 4.69) is 58.7 Å². The van der Waals surface area contributed by atoms with Gasteiger partial charge in [-0.1, -0.05) is 29.8 Å². The Hall–Kier alpha value is -2.47. The SMILES string of the molecule is Cc1ccc(CNC(=O)C2CCN(c3nc(C)nc4csc(C)c34)CC2)cc1. The van der Waals surface area contributed by atoms with Crippen LogP contribution >= 0.6 is 11.3 Å². The first-order valence-corrected chi connectivity index (χ1v) is 10.7. The summed E-state index contributed by atoms with van der Waals surface area (Å²) in [4.78, 5) is 25.5. The molecule has 146 valence electrons. The number of carbonyl (C=O) groups excluding carboxylic acids is 1. The highest BCUT2D eigenvalue weighted by molar-refractivity contribution is 7.11. The van der Waals surface area contributed by atoms with Gasteiger partial charge in [0.25, 0.3) is 0 Å². The lowest BCUT2D eigenvalue weighted by Gasteiger charge is -2.32. The van der Waals surface area contributed by atoms with E-state index in [0.29, 0.717) is 6.54 Å². The monoisotopic (exact) mass is 394 g/mol. The molecule has 1 aliphatic rings. The van der Waals surface area contributed by atoms with E-state index in [1.165, 1.54) is 10.4 Å². The van der Waals surface area contributed by atoms with E-state index in [-0.39, 0.29) is 11.8 Å². The average Bonchev–Trinajstić information content (AvgIpc) is 3.07. The lowest BCUT2D eigenvalue weighted by atomic mass is 9.95. The zero-order chi connectivity index (χ0) is 19.7. The van der Waals surface area contributed by atoms with Gasteiger partial charge < -0.3 is 10.2 Å². The van der Waals surface area contributed by atoms with Gasteiger partial charge in [-0.25, -0.2) is 9.97 Å². The highest BCUT2D eigenvalue weighted by Gasteiger charge is 2.27. The third-order valence-electron chi connectivity index (χ3n) is 5.48. The summed E-state index contributed by atoms with van der Waals surface area (Å²) < 4.78 is 0. The van der Waals surface area contributed by atoms with Crippen LogP contribution in [0.1, 0.15) is 34.7 Å². The molecule has 6 heteroatoms. The standard InChI is InChI=1S/C22H26N4OS/c1-14-4-6-17(7-5-14)12-23-22(27)18-8-10-26(11-9-18)21-20-15(2)28-13-19(20)24-16(3)25-21/h4-7,13,18H,8-12H2,1-3H3,(H,23,27). The van der Waals surface area contributed by atoms with Crippen LogP contribution in [-0.4, -0.2) is 29.0 Å². The van der Waals surface area contributed by atoms with Gasteiger partial charge in [-0.3, -0.25) is 4.79 Å². The lowest BCUT2D eigenvalue weighted by molar-refractivity contribution is -0.125. The molecule has 0 spiro atoms. The molecule has 1 fully saturated rings. The van der Waals surface area contributed by atoms with Gasteiger partial charge >= 0.3 is 0 Å². The number of aryl methyl sites for hydroxylation is 3. The number of carbonyl (C=O) groups is 1. The number of benzene rings is 1. The maximum atomic E-state index is 12.6. The molecule has 4 rings (SSSR count). The molecule has 1 N–H and O–H groups in total. The summed E-state index contributed by atoms with van der Waals surface area (Å²) in [6.45, 7) is 8.44. The second kappa shape index (κ2) is 7.87. The Labute approximate surface area is 169 Å². The summed E-state index contributed by atoms with van der Waals surface area (Å²) in [5.74, 6) is 2.07. The zero-order valence-electron chi connectivity index (χ0n) is 16.7. The maximum Gasteiger partial charge on any atom is 0.223 e. The molecule has 0 bridgehead atoms. The molecule has 1 amide bonds. The molecule has 2 aromatic heterocycles. The summed E-state index contributed by atoms with van der Waals surface area (Å²) in [6, 6.07) is 8.31. The van der Waals surface area contributed by atoms with Crippen molar-refractivity contribution in [2.75, 3.05) is 18.0 Å². The number of rotatable bonds is 4. The molecule has 1 aromatic carbocycles. The molecule has 0 saturated carbocycles. The number of nitrogens with one attached hydrogen (secondary N) is 1. The van der Waals surface area contributed by atoms with Crippen molar-refractivity contribution in [1.29, 1.82) is 0 Å². The number of anilines is 1. The normalized spacial score (nSPS) is 15.2. The second-order valence-electron chi connectivity index (χ2n) is 7.61. The summed E-state index contributed by atoms with van der Waals surface area (Å²) in [7, 11) is 0. The van der Waals surface area contributed by atoms with Gasteiger partial charge in [0.1, 0.15) is 11.6 Å². The van der Waals surface area contributed by atoms with Crippen LogP contribution < -0.4 is 10.2 Å². The van der Waals surface area contributed by atoms with Crippen LogP contribution in [0.25, 0.3) is 10.9 Å². The van der Waals surface area contributed by atoms with Gasteiger partial charge in [-0.2, -0.15) is 0 Å². The summed E-state index contributed by atoms with van der Waals surface area (Å²) >= 11 is 1.72. The third kappa shape index (κ3) is 3.87. The topological polar surface area (TPSA) is 58.1 Å². The molecule has 3 aromatic rings. The molecule has 0 atom stereocenters. The predicted molar refractivity (Wildman–Crippen MR) is 115 cm³/mol. The molecule has 28 heavy (non-hydrogen) atoms. The number of fused-ring (bicyclic) bond motifs is 1. The summed E-state index contributed by atoms with van der Waals surface area (Å²) in [5.41, 5.74) is 3.41. The van der Waals surface area contributed by atoms with Gasteiger partial charge in [0, 0.05) is 35.8 Å². The van der Waals surface area contributed by atoms with Gasteiger partial charge in [0.05, 0.1) is 10.9 Å². The van der Waals surface area contributed by atoms with Crippen molar-refractivity contribution < 1.29 is 4.79 Å². The first kappa shape index (κ1) is 18.9. The fourth-order valence-electron chi connectivity index (χ4n) is 3.83. The molecular weight excluding hydrogens is 368 g/mol. The number of hydrogen-bond acceptors (Lipinski definition) is 5. The van der Waals surface area contributed by atoms with E-state index >= 15 is 0 Å². The van der Waals surface area contributed by atoms with Crippen LogP contribution in [0.15, 0.2) is 29.6 Å². The number of amides is 1. The van der Waals surface area contributed by atoms with Crippen molar-refractivity contribution in [2.24, 2.45) is 5.92 Å². The van der Waals surface area contributed by atoms with Crippen LogP contribution in [0.2, 0.25) is 0 Å². The fourth-order valence-corrected chi connectivity index (χ4v) is 4.60. The number of nitrogens with zero attached hydrogens (tertiary/aromatic N) is 3. The highest BCUT2D eigenvalue weighted by atomic mass is 32.1. The van der Waals surface area contributed by atoms with Gasteiger partial charge in [0.15, 0.2) is 0 Å². The molecule has 0 radical (unpaired) electrons. The van der Waals surface area contributed by atoms with Crippen LogP contribution in [0.5, 0.6) is 0 Å². The van der Waals surface area contributed by atoms with Crippen LogP contribution in [-0.2, 0) is 11.3 Å². The summed E-state index contributed by atoms with van der Waals surface area (Å²) in [5, 5.41) is 6.38. The fraction of sp³-hybridized carbons (Fsp3) is 0.409. The Morgan fingerprint density at radius 3 is 2.57 bits per heavy atom. The first-order valence-electron chi connectivity index (χ1n) is 9.82. The Balaban J connectivity index is 1.39. The first-order chi connectivity index (χ1) is 13.5. The molecule has 0 aliphatic carbocycles. The maximum absolute atomic E-state index is 12.6. The Morgan fingerprint density at radius 1 is 1.14 bits per heavy atom. The number of piperidine rings is 1. The van der Waals surface area contributed by atoms with E-state index in [9.17, 15) is 4.79 Å². The summed E-state index contributed by atoms with van der Waals surface area (Å²) in [6.07, 6.45) is 1.71. The zero-order valence-corrected chi connectivity index (χ0v) is 17.5. The van der Waals surface area contributed by atoms with Crippen LogP contribution in [0.4, 0.5) is 5.82 Å². The van der Waals surface area contributed by atoms with Crippen LogP contribution in [0, 0.1) is 26.7 Å². The molecule has 1 aliphatic heterocycles. The molecule has 3 heterocycles. The number of thiophene rings is 1. The van der Waals surface area contributed by atoms with E-state index in [1.807, 2.05) is 6.92 Å². The largest absolute Gasteiger partial charge is 0.356 e. The minimum Gasteiger partial charge on any atom is -0.356 e. The molecular formula is C22H26N4OS. The minimum absolute atomic E-state index is 0.0729. The quantitative estimate of drug-likeness (QED) is 0.722. The number of hydrogen-bond donors (Lipinski definition) is 1. The van der Waals surface area contributed by atoms with Crippen molar-refractivity contribution in [1.82, 2.24) is 15.3 Å². The predicted octanol–water partition coefficient (Wildman–Crippen LogP) is 4.15. The second-order valence-corrected chi connectivity index (χ2v) is 8.70. The average molecular weight is 395 g/mol. The van der Waals surface area contributed by atoms with E-state index in [1.54, 1.807) is 11.3 Å². The highest BCUT2D eigenvalue weighted by Crippen LogP contribution is 2.33. The number of aromatic nitrogens is 2. The van der Waals surface area contributed by atoms with Crippen LogP contribution in [0.3, 0.4) is 0 Å². The van der Waals surface area contributed by atoms with E-state index < -0.39 is 0 Å². The van der Waals surface area contributed by atoms with Crippen molar-refractivity contribution >= 4 is 34.0 Å². The van der Waals surface area contributed by atoms with Crippen molar-refractivity contribution in [3.8, 4) is 0 Å². The Kier molecular flexibility index (Phi) is 5.31. The van der Waals surface area contributed by atoms with E-state index in [4.69, 9.17) is 4.98 Å². The van der Waals surface area contributed by atoms with Gasteiger partial charge in [-0.05, 0) is 39.2 Å². The van der Waals surface area contributed by atoms with E-state index in [0.717, 1.165) is 54.0 Å². The van der Waals surface area contributed by atoms with Crippen molar-refractivity contribution in [3.05, 3.63) is 51.5 Å². The smallest absolute Gasteiger partial charge is 0.223 e. The minimum atomic E-state index is 0.0729. The van der Waals surface area contributed by atoms with Gasteiger partial charge in [-0.15, -0.1) is 11.3 Å². The van der Waals surface area contributed by atoms with Gasteiger partial charge in [0.2, 0.25) is 5.91 Å².